The molecule has 0 aromatic carbocycles. The molecule has 0 radical (unpaired) electrons. The molecule has 1 aliphatic carbocycles. The lowest BCUT2D eigenvalue weighted by molar-refractivity contribution is 0.0639. The molecule has 3 N–H and O–H groups in total. The van der Waals surface area contributed by atoms with Gasteiger partial charge in [-0.1, -0.05) is 19.9 Å². The summed E-state index contributed by atoms with van der Waals surface area (Å²) in [6, 6.07) is 8.43. The fraction of sp³-hybridized carbons (Fsp3) is 0.417. The van der Waals surface area contributed by atoms with Crippen molar-refractivity contribution in [1.29, 1.82) is 0 Å². The van der Waals surface area contributed by atoms with E-state index in [4.69, 9.17) is 24.9 Å². The molecule has 0 unspecified atom stereocenters. The van der Waals surface area contributed by atoms with Crippen LogP contribution in [0.4, 0.5) is 5.82 Å². The Labute approximate surface area is 273 Å². The topological polar surface area (TPSA) is 129 Å². The Kier molecular flexibility index (Phi) is 8.57. The first kappa shape index (κ1) is 30.5. The number of aromatic nitrogens is 4. The number of ether oxygens (including phenoxy) is 1. The Balaban J connectivity index is 1.39. The zero-order chi connectivity index (χ0) is 31.8. The van der Waals surface area contributed by atoms with Crippen molar-refractivity contribution in [3.05, 3.63) is 76.8 Å². The number of nitrogens with zero attached hydrogens (tertiary/aromatic N) is 4. The SMILES string of the molecule is Cc1cnc(-c2c(CCC3CCOCC3)nc(CC(C)C)c(C(N)=O)c2-c2cc3ccnc(N[C@H]4CCc5ncccc54)c3s2)o1. The normalized spacial score (nSPS) is 16.7. The van der Waals surface area contributed by atoms with E-state index in [2.05, 4.69) is 41.3 Å². The van der Waals surface area contributed by atoms with Crippen LogP contribution in [-0.4, -0.2) is 39.1 Å². The predicted octanol–water partition coefficient (Wildman–Crippen LogP) is 7.47. The van der Waals surface area contributed by atoms with Gasteiger partial charge in [-0.15, -0.1) is 11.3 Å². The summed E-state index contributed by atoms with van der Waals surface area (Å²) in [6.07, 6.45) is 11.7. The summed E-state index contributed by atoms with van der Waals surface area (Å²) in [4.78, 5) is 33.6. The first-order chi connectivity index (χ1) is 22.4. The van der Waals surface area contributed by atoms with Crippen LogP contribution in [0.25, 0.3) is 32.0 Å². The van der Waals surface area contributed by atoms with Crippen LogP contribution in [0.1, 0.15) is 84.3 Å². The van der Waals surface area contributed by atoms with Gasteiger partial charge >= 0.3 is 0 Å². The molecule has 1 saturated heterocycles. The summed E-state index contributed by atoms with van der Waals surface area (Å²) in [5.41, 5.74) is 12.2. The third-order valence-corrected chi connectivity index (χ3v) is 10.3. The van der Waals surface area contributed by atoms with Gasteiger partial charge in [-0.05, 0) is 92.9 Å². The van der Waals surface area contributed by atoms with Crippen molar-refractivity contribution >= 4 is 33.1 Å². The van der Waals surface area contributed by atoms with Gasteiger partial charge < -0.3 is 20.2 Å². The lowest BCUT2D eigenvalue weighted by Gasteiger charge is -2.23. The Morgan fingerprint density at radius 3 is 2.70 bits per heavy atom. The van der Waals surface area contributed by atoms with Gasteiger partial charge in [0.2, 0.25) is 5.89 Å². The summed E-state index contributed by atoms with van der Waals surface area (Å²) in [7, 11) is 0. The number of nitrogens with two attached hydrogens (primary N) is 1. The smallest absolute Gasteiger partial charge is 0.251 e. The standard InChI is InChI=1S/C36H40N6O3S/c1-20(2)17-28-30(34(37)43)32(31(36-40-19-21(3)45-36)27(41-28)7-6-22-11-15-44-16-12-22)29-18-23-10-14-39-35(33(23)46-29)42-26-9-8-25-24(26)5-4-13-38-25/h4-5,10,13-14,18-20,22,26H,6-9,11-12,15-17H2,1-3H3,(H2,37,43)(H,39,42)/t26-/m0/s1. The highest BCUT2D eigenvalue weighted by molar-refractivity contribution is 7.23. The number of fused-ring (bicyclic) bond motifs is 2. The second-order valence-corrected chi connectivity index (χ2v) is 14.0. The van der Waals surface area contributed by atoms with Crippen molar-refractivity contribution in [3.63, 3.8) is 0 Å². The monoisotopic (exact) mass is 636 g/mol. The quantitative estimate of drug-likeness (QED) is 0.162. The minimum atomic E-state index is -0.498. The van der Waals surface area contributed by atoms with Crippen LogP contribution >= 0.6 is 11.3 Å². The lowest BCUT2D eigenvalue weighted by atomic mass is 9.89. The molecule has 10 heteroatoms. The van der Waals surface area contributed by atoms with Crippen molar-refractivity contribution in [3.8, 4) is 21.9 Å². The third kappa shape index (κ3) is 6.03. The average molecular weight is 637 g/mol. The summed E-state index contributed by atoms with van der Waals surface area (Å²) >= 11 is 1.61. The number of rotatable bonds is 10. The van der Waals surface area contributed by atoms with Gasteiger partial charge in [0, 0.05) is 41.7 Å². The number of nitrogens with one attached hydrogen (secondary N) is 1. The predicted molar refractivity (Wildman–Crippen MR) is 181 cm³/mol. The second kappa shape index (κ2) is 12.9. The van der Waals surface area contributed by atoms with Crippen molar-refractivity contribution in [2.45, 2.75) is 71.8 Å². The second-order valence-electron chi connectivity index (χ2n) is 12.9. The molecule has 0 spiro atoms. The van der Waals surface area contributed by atoms with Crippen LogP contribution in [0.5, 0.6) is 0 Å². The van der Waals surface area contributed by atoms with E-state index in [1.165, 1.54) is 5.56 Å². The Morgan fingerprint density at radius 2 is 1.93 bits per heavy atom. The van der Waals surface area contributed by atoms with Crippen molar-refractivity contribution < 1.29 is 13.9 Å². The number of carbonyl (C=O) groups excluding carboxylic acids is 1. The Bertz CT molecular complexity index is 1890. The fourth-order valence-corrected chi connectivity index (χ4v) is 8.08. The number of hydrogen-bond acceptors (Lipinski definition) is 9. The van der Waals surface area contributed by atoms with Crippen LogP contribution in [0.2, 0.25) is 0 Å². The molecule has 9 nitrogen and oxygen atoms in total. The molecular weight excluding hydrogens is 597 g/mol. The molecule has 1 aliphatic heterocycles. The number of amides is 1. The molecule has 0 saturated carbocycles. The number of anilines is 1. The highest BCUT2D eigenvalue weighted by Gasteiger charge is 2.30. The number of pyridine rings is 3. The lowest BCUT2D eigenvalue weighted by Crippen LogP contribution is -2.20. The number of hydrogen-bond donors (Lipinski definition) is 2. The molecule has 7 rings (SSSR count). The van der Waals surface area contributed by atoms with Crippen LogP contribution in [0, 0.1) is 18.8 Å². The van der Waals surface area contributed by atoms with Crippen LogP contribution in [-0.2, 0) is 24.0 Å². The van der Waals surface area contributed by atoms with E-state index in [0.29, 0.717) is 29.6 Å². The van der Waals surface area contributed by atoms with E-state index < -0.39 is 5.91 Å². The number of thiophene rings is 1. The molecule has 0 bridgehead atoms. The molecule has 1 amide bonds. The molecule has 5 aromatic heterocycles. The average Bonchev–Trinajstić information content (AvgIpc) is 3.78. The zero-order valence-electron chi connectivity index (χ0n) is 26.6. The molecule has 5 aromatic rings. The maximum Gasteiger partial charge on any atom is 0.251 e. The van der Waals surface area contributed by atoms with Gasteiger partial charge in [0.15, 0.2) is 0 Å². The number of carbonyl (C=O) groups is 1. The van der Waals surface area contributed by atoms with E-state index >= 15 is 0 Å². The van der Waals surface area contributed by atoms with Crippen LogP contribution in [0.3, 0.4) is 0 Å². The van der Waals surface area contributed by atoms with Gasteiger partial charge in [0.1, 0.15) is 11.6 Å². The molecule has 6 heterocycles. The summed E-state index contributed by atoms with van der Waals surface area (Å²) in [5.74, 6) is 2.32. The summed E-state index contributed by atoms with van der Waals surface area (Å²) in [6.45, 7) is 7.75. The molecule has 238 valence electrons. The van der Waals surface area contributed by atoms with Crippen molar-refractivity contribution in [2.75, 3.05) is 18.5 Å². The van der Waals surface area contributed by atoms with E-state index in [-0.39, 0.29) is 12.0 Å². The van der Waals surface area contributed by atoms with E-state index in [9.17, 15) is 4.79 Å². The third-order valence-electron chi connectivity index (χ3n) is 9.12. The highest BCUT2D eigenvalue weighted by Crippen LogP contribution is 2.46. The summed E-state index contributed by atoms with van der Waals surface area (Å²) in [5, 5.41) is 4.75. The summed E-state index contributed by atoms with van der Waals surface area (Å²) < 4.78 is 12.8. The minimum Gasteiger partial charge on any atom is -0.441 e. The number of primary amides is 1. The maximum atomic E-state index is 13.4. The van der Waals surface area contributed by atoms with Gasteiger partial charge in [0.25, 0.3) is 5.91 Å². The van der Waals surface area contributed by atoms with Gasteiger partial charge in [-0.2, -0.15) is 0 Å². The number of aryl methyl sites for hydroxylation is 3. The van der Waals surface area contributed by atoms with Crippen molar-refractivity contribution in [2.24, 2.45) is 17.6 Å². The fourth-order valence-electron chi connectivity index (χ4n) is 6.91. The highest BCUT2D eigenvalue weighted by atomic mass is 32.1. The van der Waals surface area contributed by atoms with Crippen LogP contribution in [0.15, 0.2) is 47.3 Å². The van der Waals surface area contributed by atoms with E-state index in [1.54, 1.807) is 17.5 Å². The first-order valence-corrected chi connectivity index (χ1v) is 17.1. The van der Waals surface area contributed by atoms with Gasteiger partial charge in [-0.25, -0.2) is 9.97 Å². The van der Waals surface area contributed by atoms with Crippen molar-refractivity contribution in [1.82, 2.24) is 19.9 Å². The van der Waals surface area contributed by atoms with E-state index in [1.807, 2.05) is 31.5 Å². The largest absolute Gasteiger partial charge is 0.441 e. The molecule has 1 fully saturated rings. The molecular formula is C36H40N6O3S. The van der Waals surface area contributed by atoms with Crippen LogP contribution < -0.4 is 11.1 Å². The Hall–Kier alpha value is -4.15. The van der Waals surface area contributed by atoms with Gasteiger partial charge in [0.05, 0.1) is 39.5 Å². The molecule has 2 aliphatic rings. The molecule has 1 atom stereocenters. The van der Waals surface area contributed by atoms with E-state index in [0.717, 1.165) is 101 Å². The Morgan fingerprint density at radius 1 is 1.09 bits per heavy atom. The minimum absolute atomic E-state index is 0.134. The van der Waals surface area contributed by atoms with Gasteiger partial charge in [-0.3, -0.25) is 14.8 Å². The first-order valence-electron chi connectivity index (χ1n) is 16.3. The zero-order valence-corrected chi connectivity index (χ0v) is 27.5. The maximum absolute atomic E-state index is 13.4. The molecule has 46 heavy (non-hydrogen) atoms. The number of oxazole rings is 1.